The van der Waals surface area contributed by atoms with Gasteiger partial charge in [0.25, 0.3) is 5.91 Å². The fraction of sp³-hybridized carbons (Fsp3) is 0.200. The van der Waals surface area contributed by atoms with E-state index in [0.29, 0.717) is 39.8 Å². The average molecular weight is 369 g/mol. The number of anilines is 1. The smallest absolute Gasteiger partial charge is 0.259 e. The number of amides is 1. The molecule has 0 spiro atoms. The molecule has 1 amide bonds. The van der Waals surface area contributed by atoms with Crippen molar-refractivity contribution in [2.75, 3.05) is 19.5 Å². The number of rotatable bonds is 5. The van der Waals surface area contributed by atoms with Crippen LogP contribution in [0.4, 0.5) is 10.1 Å². The van der Waals surface area contributed by atoms with Gasteiger partial charge in [0.15, 0.2) is 11.5 Å². The summed E-state index contributed by atoms with van der Waals surface area (Å²) < 4.78 is 25.2. The van der Waals surface area contributed by atoms with Crippen LogP contribution >= 0.6 is 0 Å². The van der Waals surface area contributed by atoms with E-state index >= 15 is 0 Å². The number of aryl methyl sites for hydroxylation is 1. The van der Waals surface area contributed by atoms with E-state index in [1.54, 1.807) is 56.0 Å². The van der Waals surface area contributed by atoms with E-state index in [-0.39, 0.29) is 11.7 Å². The van der Waals surface area contributed by atoms with Crippen LogP contribution in [-0.4, -0.2) is 29.9 Å². The first-order chi connectivity index (χ1) is 12.9. The monoisotopic (exact) mass is 369 g/mol. The van der Waals surface area contributed by atoms with Crippen molar-refractivity contribution in [3.63, 3.8) is 0 Å². The number of halogens is 1. The second kappa shape index (κ2) is 7.49. The lowest BCUT2D eigenvalue weighted by molar-refractivity contribution is 0.102. The van der Waals surface area contributed by atoms with Crippen LogP contribution in [0, 0.1) is 19.7 Å². The number of hydrogen-bond acceptors (Lipinski definition) is 4. The molecule has 0 aliphatic heterocycles. The normalized spacial score (nSPS) is 10.6. The molecule has 27 heavy (non-hydrogen) atoms. The van der Waals surface area contributed by atoms with Gasteiger partial charge in [0.05, 0.1) is 36.9 Å². The Morgan fingerprint density at radius 3 is 2.33 bits per heavy atom. The predicted octanol–water partition coefficient (Wildman–Crippen LogP) is 3.90. The standard InChI is InChI=1S/C20H20FN3O3/c1-12-19(13(2)24(23-12)16-8-5-14(21)6-9-16)20(25)22-15-7-10-17(26-3)18(11-15)27-4/h5-11H,1-4H3,(H,22,25). The van der Waals surface area contributed by atoms with E-state index in [4.69, 9.17) is 9.47 Å². The van der Waals surface area contributed by atoms with Crippen molar-refractivity contribution in [3.8, 4) is 17.2 Å². The molecule has 0 fully saturated rings. The topological polar surface area (TPSA) is 65.4 Å². The maximum atomic E-state index is 13.2. The first kappa shape index (κ1) is 18.4. The lowest BCUT2D eigenvalue weighted by Gasteiger charge is -2.11. The molecule has 6 nitrogen and oxygen atoms in total. The Bertz CT molecular complexity index is 981. The summed E-state index contributed by atoms with van der Waals surface area (Å²) in [6.45, 7) is 3.56. The highest BCUT2D eigenvalue weighted by Crippen LogP contribution is 2.30. The fourth-order valence-corrected chi connectivity index (χ4v) is 2.91. The van der Waals surface area contributed by atoms with E-state index in [2.05, 4.69) is 10.4 Å². The molecule has 1 N–H and O–H groups in total. The molecule has 0 aliphatic carbocycles. The van der Waals surface area contributed by atoms with Gasteiger partial charge >= 0.3 is 0 Å². The van der Waals surface area contributed by atoms with Crippen molar-refractivity contribution in [1.82, 2.24) is 9.78 Å². The first-order valence-electron chi connectivity index (χ1n) is 8.30. The molecule has 0 unspecified atom stereocenters. The summed E-state index contributed by atoms with van der Waals surface area (Å²) >= 11 is 0. The van der Waals surface area contributed by atoms with E-state index in [1.165, 1.54) is 19.2 Å². The molecule has 0 saturated carbocycles. The number of methoxy groups -OCH3 is 2. The van der Waals surface area contributed by atoms with Crippen molar-refractivity contribution in [3.05, 3.63) is 65.2 Å². The van der Waals surface area contributed by atoms with Crippen molar-refractivity contribution in [2.45, 2.75) is 13.8 Å². The van der Waals surface area contributed by atoms with Crippen LogP contribution in [0.2, 0.25) is 0 Å². The average Bonchev–Trinajstić information content (AvgIpc) is 2.96. The molecule has 0 atom stereocenters. The van der Waals surface area contributed by atoms with E-state index in [9.17, 15) is 9.18 Å². The minimum absolute atomic E-state index is 0.286. The highest BCUT2D eigenvalue weighted by atomic mass is 19.1. The number of nitrogens with zero attached hydrogens (tertiary/aromatic N) is 2. The third-order valence-electron chi connectivity index (χ3n) is 4.23. The lowest BCUT2D eigenvalue weighted by atomic mass is 10.1. The Labute approximate surface area is 156 Å². The molecule has 1 heterocycles. The van der Waals surface area contributed by atoms with Gasteiger partial charge in [-0.1, -0.05) is 0 Å². The Morgan fingerprint density at radius 2 is 1.70 bits per heavy atom. The largest absolute Gasteiger partial charge is 0.493 e. The van der Waals surface area contributed by atoms with Crippen LogP contribution in [0.5, 0.6) is 11.5 Å². The minimum atomic E-state index is -0.327. The van der Waals surface area contributed by atoms with Gasteiger partial charge in [-0.15, -0.1) is 0 Å². The van der Waals surface area contributed by atoms with Gasteiger partial charge in [0, 0.05) is 11.8 Å². The maximum Gasteiger partial charge on any atom is 0.259 e. The van der Waals surface area contributed by atoms with Crippen LogP contribution in [0.3, 0.4) is 0 Å². The number of nitrogens with one attached hydrogen (secondary N) is 1. The molecule has 0 bridgehead atoms. The van der Waals surface area contributed by atoms with Crippen LogP contribution < -0.4 is 14.8 Å². The van der Waals surface area contributed by atoms with Gasteiger partial charge < -0.3 is 14.8 Å². The summed E-state index contributed by atoms with van der Waals surface area (Å²) in [6.07, 6.45) is 0. The van der Waals surface area contributed by atoms with Gasteiger partial charge in [0.2, 0.25) is 0 Å². The summed E-state index contributed by atoms with van der Waals surface area (Å²) in [5.41, 5.74) is 2.97. The molecular formula is C20H20FN3O3. The molecule has 3 aromatic rings. The Balaban J connectivity index is 1.90. The molecular weight excluding hydrogens is 349 g/mol. The highest BCUT2D eigenvalue weighted by molar-refractivity contribution is 6.06. The van der Waals surface area contributed by atoms with E-state index < -0.39 is 0 Å². The lowest BCUT2D eigenvalue weighted by Crippen LogP contribution is -2.14. The second-order valence-electron chi connectivity index (χ2n) is 5.96. The maximum absolute atomic E-state index is 13.2. The zero-order valence-corrected chi connectivity index (χ0v) is 15.5. The quantitative estimate of drug-likeness (QED) is 0.741. The molecule has 0 saturated heterocycles. The number of hydrogen-bond donors (Lipinski definition) is 1. The molecule has 7 heteroatoms. The van der Waals surface area contributed by atoms with Crippen LogP contribution in [0.25, 0.3) is 5.69 Å². The van der Waals surface area contributed by atoms with Crippen LogP contribution in [-0.2, 0) is 0 Å². The summed E-state index contributed by atoms with van der Waals surface area (Å²) in [7, 11) is 3.08. The zero-order valence-electron chi connectivity index (χ0n) is 15.5. The molecule has 140 valence electrons. The zero-order chi connectivity index (χ0) is 19.6. The van der Waals surface area contributed by atoms with Gasteiger partial charge in [-0.3, -0.25) is 4.79 Å². The third-order valence-corrected chi connectivity index (χ3v) is 4.23. The molecule has 3 rings (SSSR count). The van der Waals surface area contributed by atoms with Crippen molar-refractivity contribution in [2.24, 2.45) is 0 Å². The second-order valence-corrected chi connectivity index (χ2v) is 5.96. The molecule has 0 aliphatic rings. The predicted molar refractivity (Wildman–Crippen MR) is 100 cm³/mol. The van der Waals surface area contributed by atoms with E-state index in [0.717, 1.165) is 0 Å². The van der Waals surface area contributed by atoms with Gasteiger partial charge in [-0.05, 0) is 50.2 Å². The summed E-state index contributed by atoms with van der Waals surface area (Å²) in [6, 6.07) is 11.1. The summed E-state index contributed by atoms with van der Waals surface area (Å²) in [4.78, 5) is 12.8. The number of ether oxygens (including phenoxy) is 2. The highest BCUT2D eigenvalue weighted by Gasteiger charge is 2.20. The number of benzene rings is 2. The Kier molecular flexibility index (Phi) is 5.12. The summed E-state index contributed by atoms with van der Waals surface area (Å²) in [5.74, 6) is 0.482. The SMILES string of the molecule is COc1ccc(NC(=O)c2c(C)nn(-c3ccc(F)cc3)c2C)cc1OC. The third kappa shape index (κ3) is 3.62. The van der Waals surface area contributed by atoms with E-state index in [1.807, 2.05) is 0 Å². The van der Waals surface area contributed by atoms with Crippen LogP contribution in [0.1, 0.15) is 21.7 Å². The van der Waals surface area contributed by atoms with Crippen LogP contribution in [0.15, 0.2) is 42.5 Å². The summed E-state index contributed by atoms with van der Waals surface area (Å²) in [5, 5.41) is 7.27. The molecule has 1 aromatic heterocycles. The van der Waals surface area contributed by atoms with Gasteiger partial charge in [-0.25, -0.2) is 9.07 Å². The Morgan fingerprint density at radius 1 is 1.04 bits per heavy atom. The van der Waals surface area contributed by atoms with Gasteiger partial charge in [0.1, 0.15) is 5.82 Å². The van der Waals surface area contributed by atoms with Gasteiger partial charge in [-0.2, -0.15) is 5.10 Å². The van der Waals surface area contributed by atoms with Crippen molar-refractivity contribution in [1.29, 1.82) is 0 Å². The number of carbonyl (C=O) groups is 1. The molecule has 2 aromatic carbocycles. The number of aromatic nitrogens is 2. The first-order valence-corrected chi connectivity index (χ1v) is 8.30. The molecule has 0 radical (unpaired) electrons. The number of carbonyl (C=O) groups excluding carboxylic acids is 1. The minimum Gasteiger partial charge on any atom is -0.493 e. The fourth-order valence-electron chi connectivity index (χ4n) is 2.91. The van der Waals surface area contributed by atoms with Crippen molar-refractivity contribution < 1.29 is 18.7 Å². The van der Waals surface area contributed by atoms with Crippen molar-refractivity contribution >= 4 is 11.6 Å². The Hall–Kier alpha value is -3.35.